The van der Waals surface area contributed by atoms with Crippen LogP contribution in [0.3, 0.4) is 0 Å². The molecular formula is C14H21N3O2. The summed E-state index contributed by atoms with van der Waals surface area (Å²) in [6.45, 7) is 3.75. The second-order valence-corrected chi connectivity index (χ2v) is 5.22. The third-order valence-electron chi connectivity index (χ3n) is 3.80. The third kappa shape index (κ3) is 3.29. The largest absolute Gasteiger partial charge is 0.396 e. The molecule has 0 radical (unpaired) electrons. The van der Waals surface area contributed by atoms with Crippen molar-refractivity contribution in [3.63, 3.8) is 0 Å². The molecule has 0 bridgehead atoms. The van der Waals surface area contributed by atoms with Crippen LogP contribution in [0.2, 0.25) is 0 Å². The van der Waals surface area contributed by atoms with E-state index in [1.165, 1.54) is 0 Å². The van der Waals surface area contributed by atoms with Crippen molar-refractivity contribution in [1.29, 1.82) is 0 Å². The van der Waals surface area contributed by atoms with Crippen LogP contribution >= 0.6 is 0 Å². The lowest BCUT2D eigenvalue weighted by Gasteiger charge is -2.30. The van der Waals surface area contributed by atoms with Crippen molar-refractivity contribution in [2.75, 3.05) is 6.61 Å². The average molecular weight is 263 g/mol. The molecule has 1 fully saturated rings. The van der Waals surface area contributed by atoms with Crippen molar-refractivity contribution in [3.8, 4) is 0 Å². The molecule has 1 aromatic rings. The Morgan fingerprint density at radius 2 is 2.16 bits per heavy atom. The molecule has 104 valence electrons. The van der Waals surface area contributed by atoms with Gasteiger partial charge in [-0.3, -0.25) is 4.79 Å². The number of nitrogens with one attached hydrogen (secondary N) is 1. The van der Waals surface area contributed by atoms with Crippen LogP contribution in [-0.2, 0) is 0 Å². The second kappa shape index (κ2) is 6.10. The quantitative estimate of drug-likeness (QED) is 0.863. The van der Waals surface area contributed by atoms with E-state index in [2.05, 4.69) is 15.3 Å². The van der Waals surface area contributed by atoms with Crippen LogP contribution < -0.4 is 5.32 Å². The van der Waals surface area contributed by atoms with Crippen LogP contribution in [0.25, 0.3) is 0 Å². The summed E-state index contributed by atoms with van der Waals surface area (Å²) in [4.78, 5) is 20.5. The van der Waals surface area contributed by atoms with Crippen LogP contribution in [0.5, 0.6) is 0 Å². The van der Waals surface area contributed by atoms with Gasteiger partial charge in [0.15, 0.2) is 0 Å². The molecule has 1 aliphatic carbocycles. The molecule has 0 aromatic carbocycles. The summed E-state index contributed by atoms with van der Waals surface area (Å²) in [5, 5.41) is 12.4. The molecule has 0 spiro atoms. The lowest BCUT2D eigenvalue weighted by atomic mass is 9.85. The Kier molecular flexibility index (Phi) is 4.47. The molecule has 2 rings (SSSR count). The summed E-state index contributed by atoms with van der Waals surface area (Å²) >= 11 is 0. The predicted molar refractivity (Wildman–Crippen MR) is 71.8 cm³/mol. The highest BCUT2D eigenvalue weighted by Crippen LogP contribution is 2.24. The first-order valence-corrected chi connectivity index (χ1v) is 6.83. The van der Waals surface area contributed by atoms with Crippen molar-refractivity contribution in [1.82, 2.24) is 15.3 Å². The van der Waals surface area contributed by atoms with Gasteiger partial charge >= 0.3 is 0 Å². The first-order valence-electron chi connectivity index (χ1n) is 6.83. The smallest absolute Gasteiger partial charge is 0.254 e. The van der Waals surface area contributed by atoms with E-state index in [-0.39, 0.29) is 24.5 Å². The van der Waals surface area contributed by atoms with Crippen molar-refractivity contribution < 1.29 is 9.90 Å². The van der Waals surface area contributed by atoms with Gasteiger partial charge in [-0.05, 0) is 26.7 Å². The van der Waals surface area contributed by atoms with Gasteiger partial charge in [-0.25, -0.2) is 9.97 Å². The van der Waals surface area contributed by atoms with Gasteiger partial charge in [0, 0.05) is 24.8 Å². The number of rotatable bonds is 3. The normalized spacial score (nSPS) is 23.1. The standard InChI is InChI=1S/C14H21N3O2/c1-9-12(7-15-10(2)16-9)14(19)17-13-6-4-3-5-11(13)8-18/h7,11,13,18H,3-6,8H2,1-2H3,(H,17,19). The minimum atomic E-state index is -0.136. The van der Waals surface area contributed by atoms with Gasteiger partial charge < -0.3 is 10.4 Å². The molecule has 2 N–H and O–H groups in total. The van der Waals surface area contributed by atoms with Crippen LogP contribution in [0, 0.1) is 19.8 Å². The van der Waals surface area contributed by atoms with E-state index < -0.39 is 0 Å². The van der Waals surface area contributed by atoms with Crippen LogP contribution in [0.1, 0.15) is 47.6 Å². The van der Waals surface area contributed by atoms with Crippen LogP contribution in [-0.4, -0.2) is 33.6 Å². The molecule has 1 amide bonds. The Hall–Kier alpha value is -1.49. The van der Waals surface area contributed by atoms with Gasteiger partial charge in [0.1, 0.15) is 5.82 Å². The fourth-order valence-electron chi connectivity index (χ4n) is 2.67. The van der Waals surface area contributed by atoms with Crippen molar-refractivity contribution in [2.24, 2.45) is 5.92 Å². The number of aromatic nitrogens is 2. The lowest BCUT2D eigenvalue weighted by molar-refractivity contribution is 0.0871. The molecule has 0 aliphatic heterocycles. The highest BCUT2D eigenvalue weighted by Gasteiger charge is 2.26. The van der Waals surface area contributed by atoms with E-state index in [1.54, 1.807) is 13.1 Å². The molecule has 5 nitrogen and oxygen atoms in total. The maximum absolute atomic E-state index is 12.2. The summed E-state index contributed by atoms with van der Waals surface area (Å²) in [6, 6.07) is 0.0620. The molecule has 19 heavy (non-hydrogen) atoms. The fraction of sp³-hybridized carbons (Fsp3) is 0.643. The minimum absolute atomic E-state index is 0.0620. The van der Waals surface area contributed by atoms with E-state index >= 15 is 0 Å². The van der Waals surface area contributed by atoms with Gasteiger partial charge in [0.05, 0.1) is 11.3 Å². The summed E-state index contributed by atoms with van der Waals surface area (Å²) in [5.74, 6) is 0.701. The van der Waals surface area contributed by atoms with E-state index in [9.17, 15) is 9.90 Å². The zero-order valence-electron chi connectivity index (χ0n) is 11.5. The Labute approximate surface area is 113 Å². The average Bonchev–Trinajstić information content (AvgIpc) is 2.39. The summed E-state index contributed by atoms with van der Waals surface area (Å²) < 4.78 is 0. The zero-order valence-corrected chi connectivity index (χ0v) is 11.5. The minimum Gasteiger partial charge on any atom is -0.396 e. The van der Waals surface area contributed by atoms with Gasteiger partial charge in [0.2, 0.25) is 0 Å². The van der Waals surface area contributed by atoms with E-state index in [0.717, 1.165) is 25.7 Å². The Bertz CT molecular complexity index is 462. The molecule has 2 unspecified atom stereocenters. The SMILES string of the molecule is Cc1ncc(C(=O)NC2CCCCC2CO)c(C)n1. The van der Waals surface area contributed by atoms with Crippen molar-refractivity contribution in [2.45, 2.75) is 45.6 Å². The lowest BCUT2D eigenvalue weighted by Crippen LogP contribution is -2.43. The number of hydrogen-bond donors (Lipinski definition) is 2. The summed E-state index contributed by atoms with van der Waals surface area (Å²) in [6.07, 6.45) is 5.71. The van der Waals surface area contributed by atoms with E-state index in [1.807, 2.05) is 6.92 Å². The molecule has 1 aromatic heterocycles. The Morgan fingerprint density at radius 1 is 1.42 bits per heavy atom. The highest BCUT2D eigenvalue weighted by molar-refractivity contribution is 5.95. The summed E-state index contributed by atoms with van der Waals surface area (Å²) in [5.41, 5.74) is 1.22. The van der Waals surface area contributed by atoms with E-state index in [4.69, 9.17) is 0 Å². The van der Waals surface area contributed by atoms with Gasteiger partial charge in [-0.2, -0.15) is 0 Å². The fourth-order valence-corrected chi connectivity index (χ4v) is 2.67. The number of aliphatic hydroxyl groups is 1. The highest BCUT2D eigenvalue weighted by atomic mass is 16.3. The second-order valence-electron chi connectivity index (χ2n) is 5.22. The Morgan fingerprint density at radius 3 is 2.84 bits per heavy atom. The Balaban J connectivity index is 2.07. The summed E-state index contributed by atoms with van der Waals surface area (Å²) in [7, 11) is 0. The number of aliphatic hydroxyl groups excluding tert-OH is 1. The first-order chi connectivity index (χ1) is 9.11. The molecule has 5 heteroatoms. The third-order valence-corrected chi connectivity index (χ3v) is 3.80. The van der Waals surface area contributed by atoms with E-state index in [0.29, 0.717) is 17.1 Å². The van der Waals surface area contributed by atoms with Gasteiger partial charge in [0.25, 0.3) is 5.91 Å². The molecule has 1 saturated carbocycles. The maximum atomic E-state index is 12.2. The first kappa shape index (κ1) is 13.9. The molecule has 1 heterocycles. The maximum Gasteiger partial charge on any atom is 0.254 e. The van der Waals surface area contributed by atoms with Gasteiger partial charge in [-0.1, -0.05) is 12.8 Å². The zero-order chi connectivity index (χ0) is 13.8. The molecule has 0 saturated heterocycles. The molecular weight excluding hydrogens is 242 g/mol. The number of amides is 1. The van der Waals surface area contributed by atoms with Crippen molar-refractivity contribution in [3.05, 3.63) is 23.3 Å². The predicted octanol–water partition coefficient (Wildman–Crippen LogP) is 1.37. The monoisotopic (exact) mass is 263 g/mol. The number of carbonyl (C=O) groups excluding carboxylic acids is 1. The van der Waals surface area contributed by atoms with Crippen LogP contribution in [0.15, 0.2) is 6.20 Å². The number of aryl methyl sites for hydroxylation is 2. The van der Waals surface area contributed by atoms with Gasteiger partial charge in [-0.15, -0.1) is 0 Å². The topological polar surface area (TPSA) is 75.1 Å². The molecule has 1 aliphatic rings. The molecule has 2 atom stereocenters. The van der Waals surface area contributed by atoms with Crippen molar-refractivity contribution >= 4 is 5.91 Å². The number of hydrogen-bond acceptors (Lipinski definition) is 4. The van der Waals surface area contributed by atoms with Crippen LogP contribution in [0.4, 0.5) is 0 Å². The number of carbonyl (C=O) groups is 1. The number of nitrogens with zero attached hydrogens (tertiary/aromatic N) is 2.